The number of imide groups is 1. The van der Waals surface area contributed by atoms with Gasteiger partial charge in [0.25, 0.3) is 0 Å². The van der Waals surface area contributed by atoms with Crippen LogP contribution in [0.15, 0.2) is 0 Å². The maximum atomic E-state index is 11.8. The number of ether oxygens (including phenoxy) is 2. The maximum absolute atomic E-state index is 11.8. The molecule has 0 fully saturated rings. The minimum absolute atomic E-state index is 0.228. The first-order chi connectivity index (χ1) is 20.9. The lowest BCUT2D eigenvalue weighted by atomic mass is 10.1. The third kappa shape index (κ3) is 34.4. The first-order valence-electron chi connectivity index (χ1n) is 18.0. The summed E-state index contributed by atoms with van der Waals surface area (Å²) in [5.74, 6) is 0. The lowest BCUT2D eigenvalue weighted by molar-refractivity contribution is 0.0924. The van der Waals surface area contributed by atoms with Crippen LogP contribution in [0, 0.1) is 0 Å². The van der Waals surface area contributed by atoms with Gasteiger partial charge in [0.05, 0.1) is 13.2 Å². The Morgan fingerprint density at radius 2 is 0.884 bits per heavy atom. The van der Waals surface area contributed by atoms with Crippen molar-refractivity contribution in [2.24, 2.45) is 0 Å². The van der Waals surface area contributed by atoms with Gasteiger partial charge in [-0.1, -0.05) is 156 Å². The molecule has 0 bridgehead atoms. The second kappa shape index (κ2) is 36.2. The van der Waals surface area contributed by atoms with Crippen molar-refractivity contribution in [3.8, 4) is 0 Å². The molecule has 0 saturated carbocycles. The van der Waals surface area contributed by atoms with Crippen molar-refractivity contribution in [2.45, 2.75) is 182 Å². The van der Waals surface area contributed by atoms with Crippen LogP contribution in [-0.4, -0.2) is 54.6 Å². The maximum Gasteiger partial charge on any atom is 0.419 e. The molecular weight excluding hydrogens is 544 g/mol. The van der Waals surface area contributed by atoms with E-state index in [1.807, 2.05) is 0 Å². The topological polar surface area (TPSA) is 105 Å². The van der Waals surface area contributed by atoms with E-state index >= 15 is 0 Å². The molecule has 0 spiro atoms. The fourth-order valence-electron chi connectivity index (χ4n) is 4.63. The van der Waals surface area contributed by atoms with Crippen LogP contribution in [0.4, 0.5) is 14.4 Å². The smallest absolute Gasteiger partial charge is 0.419 e. The Bertz CT molecular complexity index is 617. The Morgan fingerprint density at radius 1 is 0.512 bits per heavy atom. The van der Waals surface area contributed by atoms with E-state index in [0.29, 0.717) is 19.6 Å². The number of nitrogens with one attached hydrogen (secondary N) is 1. The molecule has 0 aliphatic rings. The molecule has 0 aromatic carbocycles. The van der Waals surface area contributed by atoms with Gasteiger partial charge >= 0.3 is 18.3 Å². The van der Waals surface area contributed by atoms with Gasteiger partial charge in [0.2, 0.25) is 0 Å². The predicted molar refractivity (Wildman–Crippen MR) is 179 cm³/mol. The summed E-state index contributed by atoms with van der Waals surface area (Å²) in [6, 6.07) is 0. The molecule has 2 N–H and O–H groups in total. The second-order valence-corrected chi connectivity index (χ2v) is 11.7. The third-order valence-corrected chi connectivity index (χ3v) is 7.44. The van der Waals surface area contributed by atoms with Gasteiger partial charge in [0.1, 0.15) is 0 Å². The highest BCUT2D eigenvalue weighted by Crippen LogP contribution is 2.10. The molecule has 3 amide bonds. The van der Waals surface area contributed by atoms with E-state index in [-0.39, 0.29) is 12.6 Å². The highest BCUT2D eigenvalue weighted by Gasteiger charge is 2.21. The molecule has 8 heteroatoms. The van der Waals surface area contributed by atoms with Gasteiger partial charge in [-0.2, -0.15) is 0 Å². The van der Waals surface area contributed by atoms with E-state index < -0.39 is 12.2 Å². The molecule has 8 nitrogen and oxygen atoms in total. The molecule has 0 radical (unpaired) electrons. The molecule has 0 unspecified atom stereocenters. The number of carboxylic acid groups (broad SMARTS) is 1. The summed E-state index contributed by atoms with van der Waals surface area (Å²) in [6.07, 6.45) is 25.8. The van der Waals surface area contributed by atoms with Crippen LogP contribution >= 0.6 is 0 Å². The number of nitrogens with zero attached hydrogens (tertiary/aromatic N) is 1. The number of carbonyl (C=O) groups is 3. The van der Waals surface area contributed by atoms with E-state index in [4.69, 9.17) is 14.6 Å². The summed E-state index contributed by atoms with van der Waals surface area (Å²) in [7, 11) is 0. The molecule has 0 rings (SSSR count). The Hall–Kier alpha value is -1.99. The molecule has 0 aromatic rings. The molecule has 0 aromatic heterocycles. The zero-order chi connectivity index (χ0) is 32.2. The minimum atomic E-state index is -1.22. The SMILES string of the molecule is CCCCCCCCCCOC(=O)N(CCCCCC)C(=O)O.CCCCCCCCCCOC(=O)NCCCCCC. The predicted octanol–water partition coefficient (Wildman–Crippen LogP) is 11.3. The van der Waals surface area contributed by atoms with Crippen LogP contribution in [0.3, 0.4) is 0 Å². The summed E-state index contributed by atoms with van der Waals surface area (Å²) in [5.41, 5.74) is 0. The van der Waals surface area contributed by atoms with Crippen molar-refractivity contribution in [3.63, 3.8) is 0 Å². The Balaban J connectivity index is 0. The average Bonchev–Trinajstić information content (AvgIpc) is 2.99. The molecule has 256 valence electrons. The number of carbonyl (C=O) groups excluding carboxylic acids is 2. The fraction of sp³-hybridized carbons (Fsp3) is 0.914. The highest BCUT2D eigenvalue weighted by molar-refractivity contribution is 5.86. The Labute approximate surface area is 265 Å². The van der Waals surface area contributed by atoms with Gasteiger partial charge in [-0.3, -0.25) is 0 Å². The molecule has 0 heterocycles. The minimum Gasteiger partial charge on any atom is -0.465 e. The lowest BCUT2D eigenvalue weighted by Crippen LogP contribution is -2.37. The summed E-state index contributed by atoms with van der Waals surface area (Å²) >= 11 is 0. The van der Waals surface area contributed by atoms with Crippen molar-refractivity contribution in [2.75, 3.05) is 26.3 Å². The van der Waals surface area contributed by atoms with Crippen LogP contribution < -0.4 is 5.32 Å². The monoisotopic (exact) mass is 615 g/mol. The first kappa shape index (κ1) is 43.1. The van der Waals surface area contributed by atoms with Gasteiger partial charge in [-0.25, -0.2) is 19.3 Å². The van der Waals surface area contributed by atoms with Crippen LogP contribution in [0.5, 0.6) is 0 Å². The second-order valence-electron chi connectivity index (χ2n) is 11.7. The summed E-state index contributed by atoms with van der Waals surface area (Å²) < 4.78 is 10.2. The number of hydrogen-bond acceptors (Lipinski definition) is 5. The van der Waals surface area contributed by atoms with Crippen LogP contribution in [0.25, 0.3) is 0 Å². The normalized spacial score (nSPS) is 10.5. The molecule has 0 aliphatic carbocycles. The van der Waals surface area contributed by atoms with Crippen molar-refractivity contribution >= 4 is 18.3 Å². The van der Waals surface area contributed by atoms with Gasteiger partial charge in [-0.05, 0) is 25.7 Å². The number of unbranched alkanes of at least 4 members (excludes halogenated alkanes) is 20. The van der Waals surface area contributed by atoms with Crippen molar-refractivity contribution in [3.05, 3.63) is 0 Å². The first-order valence-corrected chi connectivity index (χ1v) is 18.0. The molecule has 0 saturated heterocycles. The van der Waals surface area contributed by atoms with E-state index in [0.717, 1.165) is 62.8 Å². The number of rotatable bonds is 28. The summed E-state index contributed by atoms with van der Waals surface area (Å²) in [4.78, 5) is 35.0. The standard InChI is InChI=1S/C18H35NO4.C17H35NO2/c1-3-5-7-9-10-11-12-14-16-23-18(22)19(17(20)21)15-13-8-6-4-2;1-3-5-7-9-10-11-12-14-16-20-17(19)18-15-13-8-6-4-2/h3-16H2,1-2H3,(H,20,21);3-16H2,1-2H3,(H,18,19). The Kier molecular flexibility index (Phi) is 36.3. The third-order valence-electron chi connectivity index (χ3n) is 7.44. The molecular formula is C35H70N2O6. The number of amides is 3. The zero-order valence-corrected chi connectivity index (χ0v) is 28.7. The van der Waals surface area contributed by atoms with Gasteiger partial charge in [-0.15, -0.1) is 0 Å². The van der Waals surface area contributed by atoms with Crippen LogP contribution in [0.1, 0.15) is 182 Å². The van der Waals surface area contributed by atoms with Crippen molar-refractivity contribution < 1.29 is 29.0 Å². The number of alkyl carbamates (subject to hydrolysis) is 1. The van der Waals surface area contributed by atoms with E-state index in [9.17, 15) is 14.4 Å². The van der Waals surface area contributed by atoms with Gasteiger partial charge < -0.3 is 19.9 Å². The zero-order valence-electron chi connectivity index (χ0n) is 28.7. The van der Waals surface area contributed by atoms with E-state index in [1.165, 1.54) is 96.3 Å². The molecule has 43 heavy (non-hydrogen) atoms. The van der Waals surface area contributed by atoms with Gasteiger partial charge in [0.15, 0.2) is 0 Å². The van der Waals surface area contributed by atoms with E-state index in [2.05, 4.69) is 33.0 Å². The Morgan fingerprint density at radius 3 is 1.33 bits per heavy atom. The van der Waals surface area contributed by atoms with Crippen LogP contribution in [-0.2, 0) is 9.47 Å². The summed E-state index contributed by atoms with van der Waals surface area (Å²) in [5, 5.41) is 11.9. The van der Waals surface area contributed by atoms with Crippen molar-refractivity contribution in [1.82, 2.24) is 10.2 Å². The van der Waals surface area contributed by atoms with Gasteiger partial charge in [0, 0.05) is 13.1 Å². The van der Waals surface area contributed by atoms with E-state index in [1.54, 1.807) is 0 Å². The quantitative estimate of drug-likeness (QED) is 0.0849. The van der Waals surface area contributed by atoms with Crippen molar-refractivity contribution in [1.29, 1.82) is 0 Å². The fourth-order valence-corrected chi connectivity index (χ4v) is 4.63. The highest BCUT2D eigenvalue weighted by atomic mass is 16.6. The largest absolute Gasteiger partial charge is 0.465 e. The average molecular weight is 615 g/mol. The summed E-state index contributed by atoms with van der Waals surface area (Å²) in [6.45, 7) is 10.6. The lowest BCUT2D eigenvalue weighted by Gasteiger charge is -2.16. The van der Waals surface area contributed by atoms with Crippen LogP contribution in [0.2, 0.25) is 0 Å². The molecule has 0 atom stereocenters. The molecule has 0 aliphatic heterocycles. The number of hydrogen-bond donors (Lipinski definition) is 2.